The first-order valence-corrected chi connectivity index (χ1v) is 11.5. The molecule has 2 aromatic carbocycles. The van der Waals surface area contributed by atoms with Crippen molar-refractivity contribution in [1.29, 1.82) is 0 Å². The van der Waals surface area contributed by atoms with Crippen LogP contribution >= 0.6 is 0 Å². The molecule has 1 fully saturated rings. The van der Waals surface area contributed by atoms with E-state index in [1.807, 2.05) is 43.3 Å². The Labute approximate surface area is 192 Å². The van der Waals surface area contributed by atoms with Crippen LogP contribution in [-0.4, -0.2) is 66.0 Å². The third kappa shape index (κ3) is 5.67. The summed E-state index contributed by atoms with van der Waals surface area (Å²) in [7, 11) is 0. The maximum atomic E-state index is 13.4. The van der Waals surface area contributed by atoms with Gasteiger partial charge in [-0.2, -0.15) is 13.2 Å². The molecule has 2 aliphatic heterocycles. The Kier molecular flexibility index (Phi) is 7.26. The van der Waals surface area contributed by atoms with E-state index in [2.05, 4.69) is 10.2 Å². The van der Waals surface area contributed by atoms with Gasteiger partial charge in [0.1, 0.15) is 0 Å². The molecule has 0 radical (unpaired) electrons. The molecule has 33 heavy (non-hydrogen) atoms. The van der Waals surface area contributed by atoms with Gasteiger partial charge in [0, 0.05) is 31.4 Å². The molecule has 2 heterocycles. The van der Waals surface area contributed by atoms with Gasteiger partial charge < -0.3 is 10.4 Å². The van der Waals surface area contributed by atoms with Crippen molar-refractivity contribution in [3.05, 3.63) is 64.7 Å². The van der Waals surface area contributed by atoms with E-state index in [0.29, 0.717) is 18.9 Å². The Morgan fingerprint density at radius 3 is 2.45 bits per heavy atom. The summed E-state index contributed by atoms with van der Waals surface area (Å²) < 4.78 is 52.7. The maximum Gasteiger partial charge on any atom is 0.401 e. The Hall–Kier alpha value is -2.16. The van der Waals surface area contributed by atoms with Crippen LogP contribution in [0.4, 0.5) is 23.2 Å². The van der Waals surface area contributed by atoms with Crippen LogP contribution in [-0.2, 0) is 13.0 Å². The largest absolute Gasteiger partial charge is 0.401 e. The van der Waals surface area contributed by atoms with Gasteiger partial charge in [-0.15, -0.1) is 0 Å². The third-order valence-electron chi connectivity index (χ3n) is 6.62. The van der Waals surface area contributed by atoms with E-state index in [0.717, 1.165) is 47.6 Å². The molecule has 4 rings (SSSR count). The standard InChI is InChI=1S/C25H31F4N3O/c1-17-11-20-12-18(15-33)3-8-23(20)24(32(17)16-25(27,28)29)19-4-6-21(7-5-19)30-22-13-31(14-22)10-2-9-26/h3-8,12,17,22,24,30,33H,2,9-11,13-16H2,1H3/t17-,24?/m0/s1. The topological polar surface area (TPSA) is 38.7 Å². The van der Waals surface area contributed by atoms with Crippen LogP contribution < -0.4 is 5.32 Å². The molecule has 2 aromatic rings. The molecule has 180 valence electrons. The first kappa shape index (κ1) is 24.0. The SMILES string of the molecule is C[C@H]1Cc2cc(CO)ccc2C(c2ccc(NC3CN(CCCF)C3)cc2)N1CC(F)(F)F. The van der Waals surface area contributed by atoms with Crippen LogP contribution in [0.15, 0.2) is 42.5 Å². The number of halogens is 4. The summed E-state index contributed by atoms with van der Waals surface area (Å²) in [5, 5.41) is 12.9. The highest BCUT2D eigenvalue weighted by Gasteiger charge is 2.40. The van der Waals surface area contributed by atoms with Crippen LogP contribution in [0.25, 0.3) is 0 Å². The Balaban J connectivity index is 1.54. The summed E-state index contributed by atoms with van der Waals surface area (Å²) in [6.45, 7) is 2.95. The molecular weight excluding hydrogens is 434 g/mol. The summed E-state index contributed by atoms with van der Waals surface area (Å²) in [6, 6.07) is 12.7. The maximum absolute atomic E-state index is 13.4. The second-order valence-corrected chi connectivity index (χ2v) is 9.20. The van der Waals surface area contributed by atoms with Crippen molar-refractivity contribution in [2.75, 3.05) is 38.2 Å². The number of nitrogens with one attached hydrogen (secondary N) is 1. The molecule has 2 aliphatic rings. The first-order chi connectivity index (χ1) is 15.8. The van der Waals surface area contributed by atoms with E-state index in [1.165, 1.54) is 4.90 Å². The summed E-state index contributed by atoms with van der Waals surface area (Å²) in [4.78, 5) is 3.72. The molecule has 0 amide bonds. The molecule has 0 spiro atoms. The normalized spacial score (nSPS) is 22.1. The minimum atomic E-state index is -4.30. The van der Waals surface area contributed by atoms with Gasteiger partial charge in [-0.25, -0.2) is 0 Å². The van der Waals surface area contributed by atoms with Gasteiger partial charge in [-0.1, -0.05) is 30.3 Å². The van der Waals surface area contributed by atoms with Crippen molar-refractivity contribution in [2.24, 2.45) is 0 Å². The van der Waals surface area contributed by atoms with Crippen LogP contribution in [0.2, 0.25) is 0 Å². The molecule has 0 aliphatic carbocycles. The van der Waals surface area contributed by atoms with E-state index in [4.69, 9.17) is 0 Å². The lowest BCUT2D eigenvalue weighted by atomic mass is 9.84. The number of alkyl halides is 4. The van der Waals surface area contributed by atoms with Crippen LogP contribution in [0.1, 0.15) is 41.6 Å². The van der Waals surface area contributed by atoms with Gasteiger partial charge >= 0.3 is 6.18 Å². The van der Waals surface area contributed by atoms with Gasteiger partial charge in [-0.3, -0.25) is 14.2 Å². The fraction of sp³-hybridized carbons (Fsp3) is 0.520. The van der Waals surface area contributed by atoms with E-state index < -0.39 is 18.8 Å². The zero-order valence-electron chi connectivity index (χ0n) is 18.8. The van der Waals surface area contributed by atoms with Gasteiger partial charge in [-0.05, 0) is 54.2 Å². The van der Waals surface area contributed by atoms with Crippen molar-refractivity contribution in [3.8, 4) is 0 Å². The number of fused-ring (bicyclic) bond motifs is 1. The fourth-order valence-corrected chi connectivity index (χ4v) is 5.02. The number of aliphatic hydroxyl groups excluding tert-OH is 1. The van der Waals surface area contributed by atoms with Crippen LogP contribution in [0, 0.1) is 0 Å². The number of hydrogen-bond donors (Lipinski definition) is 2. The van der Waals surface area contributed by atoms with Crippen molar-refractivity contribution < 1.29 is 22.7 Å². The summed E-state index contributed by atoms with van der Waals surface area (Å²) in [5.41, 5.74) is 4.35. The van der Waals surface area contributed by atoms with E-state index in [9.17, 15) is 22.7 Å². The molecule has 2 atom stereocenters. The first-order valence-electron chi connectivity index (χ1n) is 11.5. The van der Waals surface area contributed by atoms with E-state index >= 15 is 0 Å². The number of aliphatic hydroxyl groups is 1. The van der Waals surface area contributed by atoms with Crippen molar-refractivity contribution in [3.63, 3.8) is 0 Å². The lowest BCUT2D eigenvalue weighted by molar-refractivity contribution is -0.155. The van der Waals surface area contributed by atoms with Gasteiger partial charge in [0.15, 0.2) is 0 Å². The highest BCUT2D eigenvalue weighted by atomic mass is 19.4. The highest BCUT2D eigenvalue weighted by Crippen LogP contribution is 2.40. The molecule has 8 heteroatoms. The molecule has 1 unspecified atom stereocenters. The summed E-state index contributed by atoms with van der Waals surface area (Å²) >= 11 is 0. The number of rotatable bonds is 8. The second kappa shape index (κ2) is 9.99. The Morgan fingerprint density at radius 1 is 1.09 bits per heavy atom. The van der Waals surface area contributed by atoms with Crippen molar-refractivity contribution in [1.82, 2.24) is 9.80 Å². The quantitative estimate of drug-likeness (QED) is 0.562. The van der Waals surface area contributed by atoms with Crippen LogP contribution in [0.3, 0.4) is 0 Å². The minimum absolute atomic E-state index is 0.0919. The second-order valence-electron chi connectivity index (χ2n) is 9.20. The molecule has 4 nitrogen and oxygen atoms in total. The average Bonchev–Trinajstić information content (AvgIpc) is 2.75. The zero-order chi connectivity index (χ0) is 23.6. The van der Waals surface area contributed by atoms with Crippen LogP contribution in [0.5, 0.6) is 0 Å². The highest BCUT2D eigenvalue weighted by molar-refractivity contribution is 5.49. The summed E-state index contributed by atoms with van der Waals surface area (Å²) in [5.74, 6) is 0. The monoisotopic (exact) mass is 465 g/mol. The van der Waals surface area contributed by atoms with Gasteiger partial charge in [0.25, 0.3) is 0 Å². The zero-order valence-corrected chi connectivity index (χ0v) is 18.8. The predicted octanol–water partition coefficient (Wildman–Crippen LogP) is 4.53. The number of likely N-dealkylation sites (tertiary alicyclic amines) is 1. The number of anilines is 1. The molecule has 0 saturated carbocycles. The molecule has 0 aromatic heterocycles. The number of benzene rings is 2. The fourth-order valence-electron chi connectivity index (χ4n) is 5.02. The van der Waals surface area contributed by atoms with Crippen molar-refractivity contribution in [2.45, 2.75) is 50.7 Å². The van der Waals surface area contributed by atoms with Gasteiger partial charge in [0.2, 0.25) is 0 Å². The Bertz CT molecular complexity index is 928. The van der Waals surface area contributed by atoms with E-state index in [-0.39, 0.29) is 19.3 Å². The van der Waals surface area contributed by atoms with E-state index in [1.54, 1.807) is 6.07 Å². The molecule has 1 saturated heterocycles. The van der Waals surface area contributed by atoms with Gasteiger partial charge in [0.05, 0.1) is 31.9 Å². The molecular formula is C25H31F4N3O. The lowest BCUT2D eigenvalue weighted by Gasteiger charge is -2.43. The lowest BCUT2D eigenvalue weighted by Crippen LogP contribution is -2.54. The third-order valence-corrected chi connectivity index (χ3v) is 6.62. The van der Waals surface area contributed by atoms with Crippen molar-refractivity contribution >= 4 is 5.69 Å². The smallest absolute Gasteiger partial charge is 0.392 e. The summed E-state index contributed by atoms with van der Waals surface area (Å²) in [6.07, 6.45) is -3.23. The molecule has 0 bridgehead atoms. The molecule has 2 N–H and O–H groups in total. The Morgan fingerprint density at radius 2 is 1.82 bits per heavy atom. The average molecular weight is 466 g/mol. The minimum Gasteiger partial charge on any atom is -0.392 e. The predicted molar refractivity (Wildman–Crippen MR) is 121 cm³/mol. The number of nitrogens with zero attached hydrogens (tertiary/aromatic N) is 2. The number of hydrogen-bond acceptors (Lipinski definition) is 4.